The van der Waals surface area contributed by atoms with Gasteiger partial charge in [0.1, 0.15) is 12.2 Å². The summed E-state index contributed by atoms with van der Waals surface area (Å²) in [5.41, 5.74) is 4.03. The summed E-state index contributed by atoms with van der Waals surface area (Å²) in [5, 5.41) is 4.24. The molecular formula is C13H18BrN5. The molecule has 102 valence electrons. The summed E-state index contributed by atoms with van der Waals surface area (Å²) in [5.74, 6) is 6.53. The second kappa shape index (κ2) is 6.27. The molecule has 0 aliphatic rings. The van der Waals surface area contributed by atoms with Crippen molar-refractivity contribution in [1.82, 2.24) is 20.2 Å². The van der Waals surface area contributed by atoms with Crippen molar-refractivity contribution < 1.29 is 0 Å². The minimum absolute atomic E-state index is 0.0499. The van der Waals surface area contributed by atoms with Gasteiger partial charge < -0.3 is 0 Å². The van der Waals surface area contributed by atoms with Crippen LogP contribution in [0.15, 0.2) is 35.1 Å². The molecule has 0 saturated heterocycles. The number of halogens is 1. The van der Waals surface area contributed by atoms with E-state index in [-0.39, 0.29) is 12.1 Å². The molecule has 0 saturated carbocycles. The number of aromatic nitrogens is 3. The van der Waals surface area contributed by atoms with Crippen LogP contribution in [-0.2, 0) is 6.42 Å². The highest BCUT2D eigenvalue weighted by molar-refractivity contribution is 9.10. The summed E-state index contributed by atoms with van der Waals surface area (Å²) in [6.45, 7) is 4.15. The number of nitrogens with zero attached hydrogens (tertiary/aromatic N) is 3. The second-order valence-corrected chi connectivity index (χ2v) is 5.62. The van der Waals surface area contributed by atoms with E-state index in [1.807, 2.05) is 16.8 Å². The summed E-state index contributed by atoms with van der Waals surface area (Å²) < 4.78 is 2.96. The van der Waals surface area contributed by atoms with Crippen LogP contribution in [0.5, 0.6) is 0 Å². The number of nitrogens with one attached hydrogen (secondary N) is 1. The van der Waals surface area contributed by atoms with Gasteiger partial charge in [-0.3, -0.25) is 5.84 Å². The van der Waals surface area contributed by atoms with Crippen LogP contribution >= 0.6 is 15.9 Å². The van der Waals surface area contributed by atoms with Gasteiger partial charge in [-0.2, -0.15) is 5.10 Å². The molecular weight excluding hydrogens is 306 g/mol. The number of rotatable bonds is 5. The average Bonchev–Trinajstić information content (AvgIpc) is 2.87. The Labute approximate surface area is 121 Å². The third-order valence-corrected chi connectivity index (χ3v) is 3.48. The Morgan fingerprint density at radius 2 is 2.00 bits per heavy atom. The van der Waals surface area contributed by atoms with Crippen LogP contribution in [0, 0.1) is 0 Å². The Hall–Kier alpha value is -1.24. The lowest BCUT2D eigenvalue weighted by atomic mass is 10.1. The Morgan fingerprint density at radius 3 is 2.58 bits per heavy atom. The maximum absolute atomic E-state index is 5.67. The smallest absolute Gasteiger partial charge is 0.145 e. The SMILES string of the molecule is CC(C)n1ncnc1C(Cc1ccc(Br)cc1)NN. The molecule has 1 atom stereocenters. The first-order chi connectivity index (χ1) is 9.11. The molecule has 6 heteroatoms. The van der Waals surface area contributed by atoms with Crippen molar-refractivity contribution in [3.05, 3.63) is 46.5 Å². The summed E-state index contributed by atoms with van der Waals surface area (Å²) in [6, 6.07) is 8.41. The average molecular weight is 324 g/mol. The van der Waals surface area contributed by atoms with E-state index in [4.69, 9.17) is 5.84 Å². The van der Waals surface area contributed by atoms with Gasteiger partial charge in [0.15, 0.2) is 0 Å². The van der Waals surface area contributed by atoms with E-state index in [0.717, 1.165) is 16.7 Å². The van der Waals surface area contributed by atoms with E-state index in [1.54, 1.807) is 6.33 Å². The van der Waals surface area contributed by atoms with Crippen molar-refractivity contribution in [2.45, 2.75) is 32.4 Å². The van der Waals surface area contributed by atoms with Crippen LogP contribution in [0.2, 0.25) is 0 Å². The number of hydrogen-bond donors (Lipinski definition) is 2. The summed E-state index contributed by atoms with van der Waals surface area (Å²) >= 11 is 3.43. The normalized spacial score (nSPS) is 12.9. The molecule has 0 aliphatic heterocycles. The Balaban J connectivity index is 2.20. The zero-order valence-electron chi connectivity index (χ0n) is 11.0. The van der Waals surface area contributed by atoms with E-state index in [1.165, 1.54) is 5.56 Å². The monoisotopic (exact) mass is 323 g/mol. The molecule has 2 rings (SSSR count). The fourth-order valence-electron chi connectivity index (χ4n) is 1.99. The predicted molar refractivity (Wildman–Crippen MR) is 78.3 cm³/mol. The number of hydrogen-bond acceptors (Lipinski definition) is 4. The Morgan fingerprint density at radius 1 is 1.32 bits per heavy atom. The van der Waals surface area contributed by atoms with E-state index < -0.39 is 0 Å². The number of hydrazine groups is 1. The van der Waals surface area contributed by atoms with Gasteiger partial charge >= 0.3 is 0 Å². The van der Waals surface area contributed by atoms with Gasteiger partial charge in [-0.05, 0) is 38.0 Å². The Bertz CT molecular complexity index is 520. The topological polar surface area (TPSA) is 68.8 Å². The maximum atomic E-state index is 5.67. The molecule has 0 aliphatic carbocycles. The number of nitrogens with two attached hydrogens (primary N) is 1. The van der Waals surface area contributed by atoms with E-state index in [9.17, 15) is 0 Å². The van der Waals surface area contributed by atoms with Crippen LogP contribution in [0.1, 0.15) is 37.3 Å². The first-order valence-electron chi connectivity index (χ1n) is 6.21. The van der Waals surface area contributed by atoms with Gasteiger partial charge in [-0.1, -0.05) is 28.1 Å². The highest BCUT2D eigenvalue weighted by atomic mass is 79.9. The van der Waals surface area contributed by atoms with Crippen LogP contribution < -0.4 is 11.3 Å². The lowest BCUT2D eigenvalue weighted by molar-refractivity contribution is 0.439. The first kappa shape index (κ1) is 14.2. The molecule has 19 heavy (non-hydrogen) atoms. The van der Waals surface area contributed by atoms with Crippen LogP contribution in [-0.4, -0.2) is 14.8 Å². The minimum atomic E-state index is -0.0499. The highest BCUT2D eigenvalue weighted by Gasteiger charge is 2.18. The van der Waals surface area contributed by atoms with Gasteiger partial charge in [0.05, 0.1) is 6.04 Å². The van der Waals surface area contributed by atoms with Gasteiger partial charge in [-0.25, -0.2) is 15.1 Å². The van der Waals surface area contributed by atoms with Gasteiger partial charge in [-0.15, -0.1) is 0 Å². The molecule has 5 nitrogen and oxygen atoms in total. The predicted octanol–water partition coefficient (Wildman–Crippen LogP) is 2.37. The first-order valence-corrected chi connectivity index (χ1v) is 7.01. The molecule has 2 aromatic rings. The molecule has 1 heterocycles. The quantitative estimate of drug-likeness (QED) is 0.654. The molecule has 1 unspecified atom stereocenters. The molecule has 0 fully saturated rings. The third kappa shape index (κ3) is 3.40. The number of benzene rings is 1. The summed E-state index contributed by atoms with van der Waals surface area (Å²) in [4.78, 5) is 4.32. The van der Waals surface area contributed by atoms with Gasteiger partial charge in [0, 0.05) is 10.5 Å². The minimum Gasteiger partial charge on any atom is -0.271 e. The van der Waals surface area contributed by atoms with Gasteiger partial charge in [0.2, 0.25) is 0 Å². The van der Waals surface area contributed by atoms with Crippen LogP contribution in [0.4, 0.5) is 0 Å². The summed E-state index contributed by atoms with van der Waals surface area (Å²) in [7, 11) is 0. The third-order valence-electron chi connectivity index (χ3n) is 2.96. The van der Waals surface area contributed by atoms with Crippen molar-refractivity contribution in [2.75, 3.05) is 0 Å². The molecule has 1 aromatic heterocycles. The molecule has 0 bridgehead atoms. The maximum Gasteiger partial charge on any atom is 0.145 e. The lowest BCUT2D eigenvalue weighted by Gasteiger charge is -2.18. The van der Waals surface area contributed by atoms with Crippen molar-refractivity contribution in [3.63, 3.8) is 0 Å². The molecule has 0 amide bonds. The fourth-order valence-corrected chi connectivity index (χ4v) is 2.25. The molecule has 3 N–H and O–H groups in total. The van der Waals surface area contributed by atoms with Crippen LogP contribution in [0.25, 0.3) is 0 Å². The van der Waals surface area contributed by atoms with Crippen LogP contribution in [0.3, 0.4) is 0 Å². The molecule has 0 spiro atoms. The van der Waals surface area contributed by atoms with E-state index in [0.29, 0.717) is 0 Å². The second-order valence-electron chi connectivity index (χ2n) is 4.71. The van der Waals surface area contributed by atoms with Crippen molar-refractivity contribution in [2.24, 2.45) is 5.84 Å². The van der Waals surface area contributed by atoms with Crippen molar-refractivity contribution >= 4 is 15.9 Å². The molecule has 0 radical (unpaired) electrons. The Kier molecular flexibility index (Phi) is 4.68. The highest BCUT2D eigenvalue weighted by Crippen LogP contribution is 2.19. The zero-order chi connectivity index (χ0) is 13.8. The molecule has 1 aromatic carbocycles. The zero-order valence-corrected chi connectivity index (χ0v) is 12.6. The standard InChI is InChI=1S/C13H18BrN5/c1-9(2)19-13(16-8-17-19)12(18-15)7-10-3-5-11(14)6-4-10/h3-6,8-9,12,18H,7,15H2,1-2H3. The van der Waals surface area contributed by atoms with E-state index >= 15 is 0 Å². The largest absolute Gasteiger partial charge is 0.271 e. The van der Waals surface area contributed by atoms with Crippen molar-refractivity contribution in [3.8, 4) is 0 Å². The lowest BCUT2D eigenvalue weighted by Crippen LogP contribution is -2.32. The van der Waals surface area contributed by atoms with E-state index in [2.05, 4.69) is 57.4 Å². The summed E-state index contributed by atoms with van der Waals surface area (Å²) in [6.07, 6.45) is 2.34. The van der Waals surface area contributed by atoms with Crippen molar-refractivity contribution in [1.29, 1.82) is 0 Å². The van der Waals surface area contributed by atoms with Gasteiger partial charge in [0.25, 0.3) is 0 Å². The fraction of sp³-hybridized carbons (Fsp3) is 0.385.